The fourth-order valence-electron chi connectivity index (χ4n) is 4.73. The van der Waals surface area contributed by atoms with Gasteiger partial charge in [-0.1, -0.05) is 39.4 Å². The van der Waals surface area contributed by atoms with Gasteiger partial charge < -0.3 is 20.3 Å². The predicted octanol–water partition coefficient (Wildman–Crippen LogP) is 5.01. The summed E-state index contributed by atoms with van der Waals surface area (Å²) in [5, 5.41) is 9.86. The van der Waals surface area contributed by atoms with Crippen LogP contribution in [0.3, 0.4) is 0 Å². The molecule has 3 amide bonds. The van der Waals surface area contributed by atoms with Crippen LogP contribution in [0.15, 0.2) is 17.3 Å². The first-order valence-corrected chi connectivity index (χ1v) is 12.4. The number of carbonyl (C=O) groups is 3. The number of oxime groups is 1. The van der Waals surface area contributed by atoms with E-state index in [0.29, 0.717) is 25.0 Å². The van der Waals surface area contributed by atoms with Crippen molar-refractivity contribution in [3.05, 3.63) is 12.2 Å². The molecule has 2 atom stereocenters. The molecular weight excluding hydrogens is 448 g/mol. The number of ether oxygens (including phenoxy) is 1. The number of amides is 3. The van der Waals surface area contributed by atoms with Gasteiger partial charge in [-0.05, 0) is 71.1 Å². The number of hydrogen-bond donors (Lipinski definition) is 2. The van der Waals surface area contributed by atoms with E-state index in [9.17, 15) is 14.4 Å². The summed E-state index contributed by atoms with van der Waals surface area (Å²) >= 11 is 0. The van der Waals surface area contributed by atoms with Crippen molar-refractivity contribution in [1.82, 2.24) is 15.5 Å². The molecule has 0 spiro atoms. The fourth-order valence-corrected chi connectivity index (χ4v) is 4.73. The average Bonchev–Trinajstić information content (AvgIpc) is 2.70. The van der Waals surface area contributed by atoms with E-state index in [-0.39, 0.29) is 36.1 Å². The van der Waals surface area contributed by atoms with Crippen LogP contribution < -0.4 is 10.6 Å². The van der Waals surface area contributed by atoms with Crippen molar-refractivity contribution >= 4 is 23.8 Å². The summed E-state index contributed by atoms with van der Waals surface area (Å²) in [5.41, 5.74) is 0.350. The summed E-state index contributed by atoms with van der Waals surface area (Å²) in [4.78, 5) is 43.7. The summed E-state index contributed by atoms with van der Waals surface area (Å²) in [6, 6.07) is -0.313. The molecule has 1 aliphatic rings. The molecule has 9 nitrogen and oxygen atoms in total. The molecule has 0 aromatic rings. The standard InChI is InChI=1S/C26H46N4O5/c1-11-19(4)29-35-23(33)28-20-14-25(8,9)16-26(10,15-20)17-27-22(32)30(24(5,6)7)12-13-34-21(31)18(2)3/h20H,2,11-17H2,1,3-10H3,(H,27,32)(H,28,33)/b29-19+. The van der Waals surface area contributed by atoms with E-state index in [1.165, 1.54) is 0 Å². The highest BCUT2D eigenvalue weighted by molar-refractivity contribution is 5.87. The molecule has 0 aromatic carbocycles. The number of esters is 1. The van der Waals surface area contributed by atoms with Crippen LogP contribution in [0, 0.1) is 10.8 Å². The molecule has 0 saturated heterocycles. The van der Waals surface area contributed by atoms with Crippen molar-refractivity contribution in [2.45, 2.75) is 99.6 Å². The molecule has 0 bridgehead atoms. The lowest BCUT2D eigenvalue weighted by atomic mass is 9.62. The third-order valence-corrected chi connectivity index (χ3v) is 6.18. The van der Waals surface area contributed by atoms with Crippen molar-refractivity contribution in [2.24, 2.45) is 16.0 Å². The molecule has 1 saturated carbocycles. The minimum Gasteiger partial charge on any atom is -0.460 e. The van der Waals surface area contributed by atoms with E-state index in [4.69, 9.17) is 9.57 Å². The molecule has 1 aliphatic carbocycles. The third-order valence-electron chi connectivity index (χ3n) is 6.18. The quantitative estimate of drug-likeness (QED) is 0.154. The SMILES string of the molecule is C=C(C)C(=O)OCCN(C(=O)NCC1(C)CC(NC(=O)O/N=C(\C)CC)CC(C)(C)C1)C(C)(C)C. The van der Waals surface area contributed by atoms with Gasteiger partial charge in [0.1, 0.15) is 6.61 Å². The summed E-state index contributed by atoms with van der Waals surface area (Å²) < 4.78 is 5.19. The van der Waals surface area contributed by atoms with Crippen LogP contribution >= 0.6 is 0 Å². The molecule has 2 N–H and O–H groups in total. The minimum atomic E-state index is -0.560. The second-order valence-electron chi connectivity index (χ2n) is 11.9. The lowest BCUT2D eigenvalue weighted by Gasteiger charge is -2.47. The van der Waals surface area contributed by atoms with Crippen molar-refractivity contribution < 1.29 is 24.0 Å². The number of hydrogen-bond acceptors (Lipinski definition) is 6. The fraction of sp³-hybridized carbons (Fsp3) is 0.769. The van der Waals surface area contributed by atoms with Crippen LogP contribution in [0.4, 0.5) is 9.59 Å². The Balaban J connectivity index is 2.80. The van der Waals surface area contributed by atoms with Gasteiger partial charge in [-0.3, -0.25) is 4.84 Å². The van der Waals surface area contributed by atoms with Crippen LogP contribution in [0.5, 0.6) is 0 Å². The highest BCUT2D eigenvalue weighted by Gasteiger charge is 2.42. The van der Waals surface area contributed by atoms with Crippen LogP contribution in [0.1, 0.15) is 88.0 Å². The predicted molar refractivity (Wildman–Crippen MR) is 138 cm³/mol. The summed E-state index contributed by atoms with van der Waals surface area (Å²) in [6.45, 7) is 22.0. The summed E-state index contributed by atoms with van der Waals surface area (Å²) in [5.74, 6) is -0.469. The van der Waals surface area contributed by atoms with Gasteiger partial charge >= 0.3 is 18.1 Å². The zero-order valence-corrected chi connectivity index (χ0v) is 23.2. The molecule has 0 aliphatic heterocycles. The zero-order chi connectivity index (χ0) is 27.0. The molecule has 9 heteroatoms. The number of nitrogens with zero attached hydrogens (tertiary/aromatic N) is 2. The van der Waals surface area contributed by atoms with Gasteiger partial charge in [-0.2, -0.15) is 0 Å². The van der Waals surface area contributed by atoms with E-state index >= 15 is 0 Å². The van der Waals surface area contributed by atoms with Crippen LogP contribution in [-0.4, -0.2) is 60.0 Å². The number of urea groups is 1. The Kier molecular flexibility index (Phi) is 10.8. The van der Waals surface area contributed by atoms with E-state index < -0.39 is 17.6 Å². The zero-order valence-electron chi connectivity index (χ0n) is 23.2. The Morgan fingerprint density at radius 1 is 1.14 bits per heavy atom. The van der Waals surface area contributed by atoms with E-state index in [1.54, 1.807) is 11.8 Å². The van der Waals surface area contributed by atoms with Gasteiger partial charge in [0, 0.05) is 23.7 Å². The lowest BCUT2D eigenvalue weighted by molar-refractivity contribution is -0.139. The number of nitrogens with one attached hydrogen (secondary N) is 2. The van der Waals surface area contributed by atoms with Crippen molar-refractivity contribution in [3.8, 4) is 0 Å². The molecule has 0 heterocycles. The molecule has 1 fully saturated rings. The molecule has 2 unspecified atom stereocenters. The van der Waals surface area contributed by atoms with Crippen molar-refractivity contribution in [2.75, 3.05) is 19.7 Å². The van der Waals surface area contributed by atoms with Gasteiger partial charge in [0.15, 0.2) is 0 Å². The monoisotopic (exact) mass is 494 g/mol. The maximum absolute atomic E-state index is 13.1. The Morgan fingerprint density at radius 2 is 1.77 bits per heavy atom. The number of rotatable bonds is 9. The van der Waals surface area contributed by atoms with E-state index in [0.717, 1.165) is 18.6 Å². The molecule has 0 aromatic heterocycles. The third kappa shape index (κ3) is 10.7. The smallest absolute Gasteiger partial charge is 0.433 e. The molecule has 1 rings (SSSR count). The van der Waals surface area contributed by atoms with E-state index in [2.05, 4.69) is 43.1 Å². The van der Waals surface area contributed by atoms with Gasteiger partial charge in [0.2, 0.25) is 0 Å². The Bertz CT molecular complexity index is 815. The maximum atomic E-state index is 13.1. The topological polar surface area (TPSA) is 109 Å². The van der Waals surface area contributed by atoms with E-state index in [1.807, 2.05) is 34.6 Å². The molecular formula is C26H46N4O5. The van der Waals surface area contributed by atoms with Crippen LogP contribution in [0.25, 0.3) is 0 Å². The Morgan fingerprint density at radius 3 is 2.31 bits per heavy atom. The lowest BCUT2D eigenvalue weighted by Crippen LogP contribution is -2.55. The second-order valence-corrected chi connectivity index (χ2v) is 11.9. The maximum Gasteiger partial charge on any atom is 0.433 e. The first-order chi connectivity index (χ1) is 16.0. The van der Waals surface area contributed by atoms with Crippen molar-refractivity contribution in [1.29, 1.82) is 0 Å². The molecule has 35 heavy (non-hydrogen) atoms. The van der Waals surface area contributed by atoms with Gasteiger partial charge in [-0.25, -0.2) is 14.4 Å². The Labute approximate surface area is 211 Å². The first-order valence-electron chi connectivity index (χ1n) is 12.4. The Hall–Kier alpha value is -2.58. The highest BCUT2D eigenvalue weighted by atomic mass is 16.7. The second kappa shape index (κ2) is 12.4. The molecule has 200 valence electrons. The first kappa shape index (κ1) is 30.5. The largest absolute Gasteiger partial charge is 0.460 e. The average molecular weight is 495 g/mol. The molecule has 0 radical (unpaired) electrons. The van der Waals surface area contributed by atoms with Crippen LogP contribution in [-0.2, 0) is 14.4 Å². The van der Waals surface area contributed by atoms with Gasteiger partial charge in [-0.15, -0.1) is 0 Å². The highest BCUT2D eigenvalue weighted by Crippen LogP contribution is 2.45. The summed E-state index contributed by atoms with van der Waals surface area (Å²) in [7, 11) is 0. The van der Waals surface area contributed by atoms with Crippen LogP contribution in [0.2, 0.25) is 0 Å². The van der Waals surface area contributed by atoms with Gasteiger partial charge in [0.05, 0.1) is 12.3 Å². The number of carbonyl (C=O) groups excluding carboxylic acids is 3. The van der Waals surface area contributed by atoms with Gasteiger partial charge in [0.25, 0.3) is 0 Å². The van der Waals surface area contributed by atoms with Crippen molar-refractivity contribution in [3.63, 3.8) is 0 Å². The summed E-state index contributed by atoms with van der Waals surface area (Å²) in [6.07, 6.45) is 2.56. The minimum absolute atomic E-state index is 0.0290. The normalized spacial score (nSPS) is 22.1.